The summed E-state index contributed by atoms with van der Waals surface area (Å²) in [6.07, 6.45) is 1.16. The third kappa shape index (κ3) is 3.84. The number of aromatic carboxylic acids is 1. The fraction of sp³-hybridized carbons (Fsp3) is 0. The number of benzene rings is 1. The Hall–Kier alpha value is -1.38. The molecule has 2 N–H and O–H groups in total. The minimum Gasteiger partial charge on any atom is -0.478 e. The van der Waals surface area contributed by atoms with Crippen LogP contribution in [0.1, 0.15) is 20.7 Å². The van der Waals surface area contributed by atoms with Crippen molar-refractivity contribution < 1.29 is 14.7 Å². The predicted octanol–water partition coefficient (Wildman–Crippen LogP) is 3.94. The zero-order valence-corrected chi connectivity index (χ0v) is 13.9. The molecular weight excluding hydrogens is 430 g/mol. The van der Waals surface area contributed by atoms with Crippen LogP contribution in [-0.4, -0.2) is 22.0 Å². The third-order valence-corrected chi connectivity index (χ3v) is 4.49. The summed E-state index contributed by atoms with van der Waals surface area (Å²) >= 11 is 13.8. The van der Waals surface area contributed by atoms with Crippen LogP contribution in [0, 0.1) is 3.57 Å². The lowest BCUT2D eigenvalue weighted by atomic mass is 10.2. The molecule has 0 radical (unpaired) electrons. The molecule has 0 saturated heterocycles. The molecule has 21 heavy (non-hydrogen) atoms. The number of hydrogen-bond donors (Lipinski definition) is 2. The normalized spacial score (nSPS) is 10.2. The van der Waals surface area contributed by atoms with Crippen molar-refractivity contribution in [3.63, 3.8) is 0 Å². The molecule has 0 aliphatic heterocycles. The van der Waals surface area contributed by atoms with Crippen LogP contribution in [0.5, 0.6) is 0 Å². The number of carbonyl (C=O) groups excluding carboxylic acids is 1. The van der Waals surface area contributed by atoms with Crippen molar-refractivity contribution in [1.82, 2.24) is 4.98 Å². The Balaban J connectivity index is 2.24. The summed E-state index contributed by atoms with van der Waals surface area (Å²) in [5, 5.41) is 12.1. The lowest BCUT2D eigenvalue weighted by molar-refractivity contribution is 0.0696. The molecule has 0 aliphatic carbocycles. The molecule has 0 fully saturated rings. The number of nitrogens with zero attached hydrogens (tertiary/aromatic N) is 1. The van der Waals surface area contributed by atoms with E-state index in [1.165, 1.54) is 18.2 Å². The summed E-state index contributed by atoms with van der Waals surface area (Å²) < 4.78 is 0.568. The predicted molar refractivity (Wildman–Crippen MR) is 88.3 cm³/mol. The fourth-order valence-electron chi connectivity index (χ4n) is 1.50. The molecule has 5 nitrogen and oxygen atoms in total. The van der Waals surface area contributed by atoms with Gasteiger partial charge in [-0.25, -0.2) is 9.78 Å². The first kappa shape index (κ1) is 16.0. The van der Waals surface area contributed by atoms with E-state index in [2.05, 4.69) is 10.3 Å². The number of pyridine rings is 1. The first-order valence-corrected chi connectivity index (χ1v) is 7.37. The van der Waals surface area contributed by atoms with Gasteiger partial charge in [0.2, 0.25) is 0 Å². The first-order valence-electron chi connectivity index (χ1n) is 5.53. The highest BCUT2D eigenvalue weighted by Crippen LogP contribution is 2.27. The lowest BCUT2D eigenvalue weighted by Gasteiger charge is -2.08. The number of carbonyl (C=O) groups is 2. The van der Waals surface area contributed by atoms with E-state index < -0.39 is 11.9 Å². The molecule has 108 valence electrons. The number of anilines is 1. The molecule has 0 spiro atoms. The van der Waals surface area contributed by atoms with E-state index in [1.54, 1.807) is 6.07 Å². The maximum atomic E-state index is 12.2. The van der Waals surface area contributed by atoms with Gasteiger partial charge in [0.15, 0.2) is 0 Å². The summed E-state index contributed by atoms with van der Waals surface area (Å²) in [4.78, 5) is 26.7. The second-order valence-corrected chi connectivity index (χ2v) is 5.86. The minimum absolute atomic E-state index is 0.0355. The lowest BCUT2D eigenvalue weighted by Crippen LogP contribution is -2.15. The molecule has 2 aromatic rings. The molecule has 1 amide bonds. The number of aromatic nitrogens is 1. The van der Waals surface area contributed by atoms with Gasteiger partial charge in [-0.15, -0.1) is 0 Å². The Morgan fingerprint density at radius 3 is 2.52 bits per heavy atom. The number of amides is 1. The van der Waals surface area contributed by atoms with Gasteiger partial charge in [-0.2, -0.15) is 0 Å². The molecule has 0 aliphatic rings. The van der Waals surface area contributed by atoms with E-state index in [9.17, 15) is 9.59 Å². The maximum Gasteiger partial charge on any atom is 0.337 e. The van der Waals surface area contributed by atoms with Crippen molar-refractivity contribution in [2.24, 2.45) is 0 Å². The SMILES string of the molecule is O=C(O)c1ccc(NC(=O)c2cc(Cl)cc(Cl)c2I)nc1. The van der Waals surface area contributed by atoms with Gasteiger partial charge in [-0.1, -0.05) is 23.2 Å². The molecule has 0 unspecified atom stereocenters. The number of carboxylic acid groups (broad SMARTS) is 1. The van der Waals surface area contributed by atoms with E-state index in [4.69, 9.17) is 28.3 Å². The molecule has 1 aromatic heterocycles. The monoisotopic (exact) mass is 436 g/mol. The van der Waals surface area contributed by atoms with Crippen LogP contribution in [0.4, 0.5) is 5.82 Å². The summed E-state index contributed by atoms with van der Waals surface area (Å²) in [6.45, 7) is 0. The van der Waals surface area contributed by atoms with Crippen LogP contribution in [-0.2, 0) is 0 Å². The van der Waals surface area contributed by atoms with Crippen molar-refractivity contribution in [3.05, 3.63) is 55.2 Å². The Labute approximate surface area is 143 Å². The van der Waals surface area contributed by atoms with E-state index in [-0.39, 0.29) is 11.4 Å². The fourth-order valence-corrected chi connectivity index (χ4v) is 2.55. The van der Waals surface area contributed by atoms with Crippen LogP contribution >= 0.6 is 45.8 Å². The second kappa shape index (κ2) is 6.59. The quantitative estimate of drug-likeness (QED) is 0.564. The smallest absolute Gasteiger partial charge is 0.337 e. The highest BCUT2D eigenvalue weighted by Gasteiger charge is 2.15. The number of rotatable bonds is 3. The largest absolute Gasteiger partial charge is 0.478 e. The Bertz CT molecular complexity index is 720. The average molecular weight is 437 g/mol. The van der Waals surface area contributed by atoms with Crippen molar-refractivity contribution in [2.75, 3.05) is 5.32 Å². The highest BCUT2D eigenvalue weighted by atomic mass is 127. The zero-order valence-electron chi connectivity index (χ0n) is 10.2. The molecular formula is C13H7Cl2IN2O3. The summed E-state index contributed by atoms with van der Waals surface area (Å²) in [5.41, 5.74) is 0.352. The number of halogens is 3. The molecule has 2 rings (SSSR count). The maximum absolute atomic E-state index is 12.2. The second-order valence-electron chi connectivity index (χ2n) is 3.94. The van der Waals surface area contributed by atoms with Gasteiger partial charge in [0.1, 0.15) is 5.82 Å². The summed E-state index contributed by atoms with van der Waals surface area (Å²) in [6, 6.07) is 5.79. The van der Waals surface area contributed by atoms with Crippen molar-refractivity contribution in [2.45, 2.75) is 0 Å². The average Bonchev–Trinajstić information content (AvgIpc) is 2.43. The number of nitrogens with one attached hydrogen (secondary N) is 1. The summed E-state index contributed by atoms with van der Waals surface area (Å²) in [7, 11) is 0. The van der Waals surface area contributed by atoms with Gasteiger partial charge >= 0.3 is 5.97 Å². The molecule has 8 heteroatoms. The highest BCUT2D eigenvalue weighted by molar-refractivity contribution is 14.1. The molecule has 1 heterocycles. The third-order valence-electron chi connectivity index (χ3n) is 2.49. The Kier molecular flexibility index (Phi) is 5.02. The van der Waals surface area contributed by atoms with E-state index >= 15 is 0 Å². The zero-order chi connectivity index (χ0) is 15.6. The Morgan fingerprint density at radius 1 is 1.24 bits per heavy atom. The van der Waals surface area contributed by atoms with Crippen molar-refractivity contribution in [3.8, 4) is 0 Å². The van der Waals surface area contributed by atoms with Gasteiger partial charge in [-0.05, 0) is 46.9 Å². The van der Waals surface area contributed by atoms with Crippen molar-refractivity contribution >= 4 is 63.5 Å². The van der Waals surface area contributed by atoms with Gasteiger partial charge in [-0.3, -0.25) is 4.79 Å². The number of carboxylic acids is 1. The van der Waals surface area contributed by atoms with Crippen LogP contribution in [0.2, 0.25) is 10.0 Å². The van der Waals surface area contributed by atoms with E-state index in [1.807, 2.05) is 22.6 Å². The van der Waals surface area contributed by atoms with Crippen LogP contribution < -0.4 is 5.32 Å². The topological polar surface area (TPSA) is 79.3 Å². The van der Waals surface area contributed by atoms with Gasteiger partial charge in [0.25, 0.3) is 5.91 Å². The van der Waals surface area contributed by atoms with E-state index in [0.29, 0.717) is 19.2 Å². The minimum atomic E-state index is -1.09. The molecule has 0 saturated carbocycles. The van der Waals surface area contributed by atoms with Crippen LogP contribution in [0.15, 0.2) is 30.5 Å². The molecule has 0 atom stereocenters. The van der Waals surface area contributed by atoms with Gasteiger partial charge < -0.3 is 10.4 Å². The van der Waals surface area contributed by atoms with Crippen LogP contribution in [0.3, 0.4) is 0 Å². The first-order chi connectivity index (χ1) is 9.88. The van der Waals surface area contributed by atoms with Gasteiger partial charge in [0, 0.05) is 14.8 Å². The van der Waals surface area contributed by atoms with Gasteiger partial charge in [0.05, 0.1) is 16.1 Å². The molecule has 0 bridgehead atoms. The van der Waals surface area contributed by atoms with E-state index in [0.717, 1.165) is 6.20 Å². The standard InChI is InChI=1S/C13H7Cl2IN2O3/c14-7-3-8(11(16)9(15)4-7)12(19)18-10-2-1-6(5-17-10)13(20)21/h1-5H,(H,20,21)(H,17,18,19). The molecule has 1 aromatic carbocycles. The Morgan fingerprint density at radius 2 is 1.95 bits per heavy atom. The van der Waals surface area contributed by atoms with Crippen molar-refractivity contribution in [1.29, 1.82) is 0 Å². The van der Waals surface area contributed by atoms with Crippen LogP contribution in [0.25, 0.3) is 0 Å². The summed E-state index contributed by atoms with van der Waals surface area (Å²) in [5.74, 6) is -1.28. The number of hydrogen-bond acceptors (Lipinski definition) is 3.